The van der Waals surface area contributed by atoms with Crippen molar-refractivity contribution in [1.82, 2.24) is 0 Å². The van der Waals surface area contributed by atoms with Crippen molar-refractivity contribution in [2.45, 2.75) is 63.6 Å². The average molecular weight is 396 g/mol. The predicted molar refractivity (Wildman–Crippen MR) is 96.9 cm³/mol. The van der Waals surface area contributed by atoms with E-state index in [-0.39, 0.29) is 30.3 Å². The first-order chi connectivity index (χ1) is 13.1. The SMILES string of the molecule is COC[C@H]1C(=O)[C@]23C[C@H]1C[C@@H](O)[C@@H]2[C@]12CO[C@]3(O)[C@@H](O)[C@@H]1C(C)(C)CC[C@@H]2O. The van der Waals surface area contributed by atoms with E-state index in [9.17, 15) is 25.2 Å². The van der Waals surface area contributed by atoms with Crippen molar-refractivity contribution in [3.8, 4) is 0 Å². The minimum absolute atomic E-state index is 0.0478. The summed E-state index contributed by atoms with van der Waals surface area (Å²) in [5.41, 5.74) is -2.71. The Morgan fingerprint density at radius 1 is 1.21 bits per heavy atom. The molecule has 7 nitrogen and oxygen atoms in total. The molecule has 4 saturated carbocycles. The molecule has 0 aromatic carbocycles. The van der Waals surface area contributed by atoms with Crippen LogP contribution in [0.15, 0.2) is 0 Å². The maximum atomic E-state index is 13.7. The second-order valence-corrected chi connectivity index (χ2v) is 10.7. The lowest BCUT2D eigenvalue weighted by atomic mass is 9.35. The third-order valence-electron chi connectivity index (χ3n) is 9.32. The molecule has 6 rings (SSSR count). The van der Waals surface area contributed by atoms with Crippen LogP contribution in [0.3, 0.4) is 0 Å². The first-order valence-corrected chi connectivity index (χ1v) is 10.5. The van der Waals surface area contributed by atoms with E-state index < -0.39 is 52.7 Å². The first-order valence-electron chi connectivity index (χ1n) is 10.5. The van der Waals surface area contributed by atoms with E-state index in [0.29, 0.717) is 25.7 Å². The van der Waals surface area contributed by atoms with E-state index in [4.69, 9.17) is 9.47 Å². The lowest BCUT2D eigenvalue weighted by Crippen LogP contribution is -2.85. The van der Waals surface area contributed by atoms with Crippen molar-refractivity contribution in [2.24, 2.45) is 39.9 Å². The number of ether oxygens (including phenoxy) is 2. The molecule has 6 aliphatic rings. The van der Waals surface area contributed by atoms with Crippen molar-refractivity contribution >= 4 is 5.78 Å². The summed E-state index contributed by atoms with van der Waals surface area (Å²) in [6.45, 7) is 4.34. The summed E-state index contributed by atoms with van der Waals surface area (Å²) in [6, 6.07) is 0. The summed E-state index contributed by atoms with van der Waals surface area (Å²) >= 11 is 0. The number of fused-ring (bicyclic) bond motifs is 2. The van der Waals surface area contributed by atoms with Gasteiger partial charge >= 0.3 is 0 Å². The Morgan fingerprint density at radius 2 is 1.93 bits per heavy atom. The maximum absolute atomic E-state index is 13.7. The van der Waals surface area contributed by atoms with Crippen LogP contribution in [0.4, 0.5) is 0 Å². The zero-order chi connectivity index (χ0) is 20.3. The Bertz CT molecular complexity index is 709. The standard InChI is InChI=1S/C21H32O7/c1-18(2)5-4-13(23)19-9-28-21(26,17(25)15(18)19)20-7-10(6-12(22)14(19)20)11(8-27-3)16(20)24/h10-15,17,22-23,25-26H,4-9H2,1-3H3/t10-,11-,12-,13+,14-,15-,17+,19-,20+,21-/m1/s1. The molecule has 4 aliphatic carbocycles. The average Bonchev–Trinajstić information content (AvgIpc) is 2.83. The molecule has 2 aliphatic heterocycles. The van der Waals surface area contributed by atoms with Crippen LogP contribution >= 0.6 is 0 Å². The Kier molecular flexibility index (Phi) is 3.85. The van der Waals surface area contributed by atoms with Crippen LogP contribution in [0.25, 0.3) is 0 Å². The minimum atomic E-state index is -2.04. The number of aliphatic hydroxyl groups excluding tert-OH is 3. The Labute approximate surface area is 165 Å². The molecule has 0 aromatic rings. The van der Waals surface area contributed by atoms with Gasteiger partial charge in [-0.1, -0.05) is 13.8 Å². The third-order valence-corrected chi connectivity index (χ3v) is 9.32. The molecule has 2 saturated heterocycles. The van der Waals surface area contributed by atoms with Crippen LogP contribution in [0.1, 0.15) is 39.5 Å². The van der Waals surface area contributed by atoms with Crippen molar-refractivity contribution < 1.29 is 34.7 Å². The van der Waals surface area contributed by atoms with E-state index in [1.54, 1.807) is 0 Å². The third kappa shape index (κ3) is 1.82. The van der Waals surface area contributed by atoms with Gasteiger partial charge in [0.25, 0.3) is 0 Å². The number of ketones is 1. The van der Waals surface area contributed by atoms with Gasteiger partial charge in [0, 0.05) is 30.3 Å². The van der Waals surface area contributed by atoms with E-state index in [1.165, 1.54) is 7.11 Å². The van der Waals surface area contributed by atoms with E-state index in [0.717, 1.165) is 0 Å². The van der Waals surface area contributed by atoms with Gasteiger partial charge in [0.2, 0.25) is 5.79 Å². The van der Waals surface area contributed by atoms with Crippen LogP contribution in [0, 0.1) is 39.9 Å². The second kappa shape index (κ2) is 5.56. The molecular weight excluding hydrogens is 364 g/mol. The van der Waals surface area contributed by atoms with E-state index >= 15 is 0 Å². The number of aliphatic hydroxyl groups is 4. The number of hydrogen-bond acceptors (Lipinski definition) is 7. The van der Waals surface area contributed by atoms with Crippen molar-refractivity contribution in [2.75, 3.05) is 20.3 Å². The number of carbonyl (C=O) groups excluding carboxylic acids is 1. The lowest BCUT2D eigenvalue weighted by Gasteiger charge is -2.74. The number of carbonyl (C=O) groups is 1. The minimum Gasteiger partial charge on any atom is -0.393 e. The summed E-state index contributed by atoms with van der Waals surface area (Å²) in [5, 5.41) is 45.7. The Hall–Kier alpha value is -0.570. The molecule has 28 heavy (non-hydrogen) atoms. The summed E-state index contributed by atoms with van der Waals surface area (Å²) < 4.78 is 11.2. The molecule has 4 bridgehead atoms. The zero-order valence-corrected chi connectivity index (χ0v) is 16.8. The number of Topliss-reactive ketones (excluding diaryl/α,β-unsaturated/α-hetero) is 1. The molecule has 158 valence electrons. The summed E-state index contributed by atoms with van der Waals surface area (Å²) in [7, 11) is 1.54. The van der Waals surface area contributed by atoms with Crippen LogP contribution in [0.5, 0.6) is 0 Å². The molecule has 4 N–H and O–H groups in total. The monoisotopic (exact) mass is 396 g/mol. The maximum Gasteiger partial charge on any atom is 0.205 e. The van der Waals surface area contributed by atoms with Crippen LogP contribution in [0.2, 0.25) is 0 Å². The molecule has 10 atom stereocenters. The normalized spacial score (nSPS) is 59.1. The first kappa shape index (κ1) is 19.4. The number of rotatable bonds is 2. The fraction of sp³-hybridized carbons (Fsp3) is 0.952. The van der Waals surface area contributed by atoms with E-state index in [1.807, 2.05) is 13.8 Å². The largest absolute Gasteiger partial charge is 0.393 e. The van der Waals surface area contributed by atoms with Gasteiger partial charge < -0.3 is 29.9 Å². The van der Waals surface area contributed by atoms with Crippen LogP contribution in [-0.4, -0.2) is 70.6 Å². The molecule has 7 heteroatoms. The molecule has 0 radical (unpaired) electrons. The van der Waals surface area contributed by atoms with Gasteiger partial charge in [-0.15, -0.1) is 0 Å². The highest BCUT2D eigenvalue weighted by atomic mass is 16.6. The van der Waals surface area contributed by atoms with Gasteiger partial charge in [-0.3, -0.25) is 4.79 Å². The van der Waals surface area contributed by atoms with Gasteiger partial charge in [-0.2, -0.15) is 0 Å². The molecular formula is C21H32O7. The highest BCUT2D eigenvalue weighted by Gasteiger charge is 2.86. The van der Waals surface area contributed by atoms with Crippen molar-refractivity contribution in [3.63, 3.8) is 0 Å². The van der Waals surface area contributed by atoms with Gasteiger partial charge in [0.05, 0.1) is 30.8 Å². The van der Waals surface area contributed by atoms with Crippen molar-refractivity contribution in [1.29, 1.82) is 0 Å². The molecule has 0 amide bonds. The Balaban J connectivity index is 1.75. The van der Waals surface area contributed by atoms with Gasteiger partial charge in [0.1, 0.15) is 6.10 Å². The van der Waals surface area contributed by atoms with Gasteiger partial charge in [0.15, 0.2) is 5.78 Å². The van der Waals surface area contributed by atoms with Crippen molar-refractivity contribution in [3.05, 3.63) is 0 Å². The zero-order valence-electron chi connectivity index (χ0n) is 16.8. The van der Waals surface area contributed by atoms with E-state index in [2.05, 4.69) is 0 Å². The molecule has 0 aromatic heterocycles. The molecule has 2 heterocycles. The highest BCUT2D eigenvalue weighted by Crippen LogP contribution is 2.76. The highest BCUT2D eigenvalue weighted by molar-refractivity contribution is 5.92. The van der Waals surface area contributed by atoms with Crippen LogP contribution in [-0.2, 0) is 14.3 Å². The van der Waals surface area contributed by atoms with Crippen LogP contribution < -0.4 is 0 Å². The predicted octanol–water partition coefficient (Wildman–Crippen LogP) is 0.0820. The fourth-order valence-electron chi connectivity index (χ4n) is 8.46. The molecule has 6 fully saturated rings. The quantitative estimate of drug-likeness (QED) is 0.522. The molecule has 2 spiro atoms. The second-order valence-electron chi connectivity index (χ2n) is 10.7. The molecule has 0 unspecified atom stereocenters. The van der Waals surface area contributed by atoms with Gasteiger partial charge in [-0.05, 0) is 37.0 Å². The summed E-state index contributed by atoms with van der Waals surface area (Å²) in [4.78, 5) is 13.7. The lowest BCUT2D eigenvalue weighted by molar-refractivity contribution is -0.455. The number of hydrogen-bond donors (Lipinski definition) is 4. The smallest absolute Gasteiger partial charge is 0.205 e. The Morgan fingerprint density at radius 3 is 2.61 bits per heavy atom. The van der Waals surface area contributed by atoms with Gasteiger partial charge in [-0.25, -0.2) is 0 Å². The summed E-state index contributed by atoms with van der Waals surface area (Å²) in [5.74, 6) is -3.88. The topological polar surface area (TPSA) is 116 Å². The number of methoxy groups -OCH3 is 1. The fourth-order valence-corrected chi connectivity index (χ4v) is 8.46. The summed E-state index contributed by atoms with van der Waals surface area (Å²) in [6.07, 6.45) is -0.899.